The molecule has 0 aromatic rings. The first-order chi connectivity index (χ1) is 2.64. The first-order valence-electron chi connectivity index (χ1n) is 1.65. The van der Waals surface area contributed by atoms with Crippen LogP contribution in [0.3, 0.4) is 0 Å². The van der Waals surface area contributed by atoms with Gasteiger partial charge in [0.05, 0.1) is 0 Å². The molecule has 0 saturated carbocycles. The molecule has 0 saturated heterocycles. The summed E-state index contributed by atoms with van der Waals surface area (Å²) < 4.78 is 0. The van der Waals surface area contributed by atoms with Crippen LogP contribution in [-0.2, 0) is 0 Å². The van der Waals surface area contributed by atoms with E-state index in [0.29, 0.717) is 0 Å². The van der Waals surface area contributed by atoms with Gasteiger partial charge in [0.25, 0.3) is 0 Å². The Morgan fingerprint density at radius 2 is 0.833 bits per heavy atom. The van der Waals surface area contributed by atoms with Crippen molar-refractivity contribution >= 4 is 31.7 Å². The third-order valence-corrected chi connectivity index (χ3v) is 25.7. The predicted octanol–water partition coefficient (Wildman–Crippen LogP) is 2.43. The summed E-state index contributed by atoms with van der Waals surface area (Å²) in [5.74, 6) is 0. The van der Waals surface area contributed by atoms with Gasteiger partial charge < -0.3 is 0 Å². The summed E-state index contributed by atoms with van der Waals surface area (Å²) in [5.41, 5.74) is 0. The average Bonchev–Trinajstić information content (AvgIpc) is 1.36. The predicted molar refractivity (Wildman–Crippen MR) is 51.7 cm³/mol. The second-order valence-corrected chi connectivity index (χ2v) is 30.8. The van der Waals surface area contributed by atoms with E-state index in [1.54, 1.807) is 0 Å². The monoisotopic (exact) mass is 314 g/mol. The van der Waals surface area contributed by atoms with Crippen molar-refractivity contribution in [1.82, 2.24) is 0 Å². The Morgan fingerprint density at radius 1 is 0.667 bits per heavy atom. The fraction of sp³-hybridized carbons (Fsp3) is 1.00. The van der Waals surface area contributed by atoms with Gasteiger partial charge in [-0.05, 0) is 0 Å². The number of alkyl halides is 4. The van der Waals surface area contributed by atoms with E-state index in [2.05, 4.69) is 19.7 Å². The van der Waals surface area contributed by atoms with E-state index < -0.39 is 0 Å². The van der Waals surface area contributed by atoms with Crippen LogP contribution in [-0.4, -0.2) is 19.7 Å². The van der Waals surface area contributed by atoms with Crippen LogP contribution in [0.25, 0.3) is 0 Å². The molecule has 0 fully saturated rings. The molecule has 0 radical (unpaired) electrons. The Balaban J connectivity index is 2.99. The molecule has 0 atom stereocenters. The molecule has 42 valence electrons. The summed E-state index contributed by atoms with van der Waals surface area (Å²) >= 11 is -0.455. The molecule has 0 aliphatic rings. The van der Waals surface area contributed by atoms with Gasteiger partial charge >= 0.3 is 51.4 Å². The standard InChI is InChI=1S/C4H12I2/c1-5(2)6(3)4/h1-4H3. The van der Waals surface area contributed by atoms with Gasteiger partial charge in [0.2, 0.25) is 0 Å². The van der Waals surface area contributed by atoms with Gasteiger partial charge in [0.15, 0.2) is 0 Å². The maximum absolute atomic E-state index is 2.47. The number of hydrogen-bond acceptors (Lipinski definition) is 0. The Bertz CT molecular complexity index is 26.5. The molecule has 0 amide bonds. The van der Waals surface area contributed by atoms with Crippen molar-refractivity contribution in [3.8, 4) is 0 Å². The van der Waals surface area contributed by atoms with E-state index >= 15 is 0 Å². The fourth-order valence-corrected chi connectivity index (χ4v) is 0. The van der Waals surface area contributed by atoms with E-state index in [-0.39, 0.29) is 31.7 Å². The Morgan fingerprint density at radius 3 is 0.833 bits per heavy atom. The summed E-state index contributed by atoms with van der Waals surface area (Å²) in [6.45, 7) is 0. The van der Waals surface area contributed by atoms with Gasteiger partial charge in [-0.1, -0.05) is 0 Å². The molecule has 2 heteroatoms. The molecule has 0 heterocycles. The molecule has 0 nitrogen and oxygen atoms in total. The van der Waals surface area contributed by atoms with Crippen molar-refractivity contribution in [2.75, 3.05) is 19.7 Å². The number of halogens is 2. The SMILES string of the molecule is CI(C)I(C)C. The third kappa shape index (κ3) is 3.64. The van der Waals surface area contributed by atoms with Gasteiger partial charge in [-0.2, -0.15) is 0 Å². The zero-order chi connectivity index (χ0) is 5.15. The van der Waals surface area contributed by atoms with Crippen LogP contribution in [0.2, 0.25) is 0 Å². The normalized spacial score (nSPS) is 14.0. The van der Waals surface area contributed by atoms with Crippen molar-refractivity contribution in [3.05, 3.63) is 0 Å². The van der Waals surface area contributed by atoms with Gasteiger partial charge in [-0.3, -0.25) is 0 Å². The first kappa shape index (κ1) is 7.46. The molecule has 0 aromatic heterocycles. The summed E-state index contributed by atoms with van der Waals surface area (Å²) in [7, 11) is 0. The molecular weight excluding hydrogens is 302 g/mol. The van der Waals surface area contributed by atoms with Gasteiger partial charge in [-0.15, -0.1) is 0 Å². The van der Waals surface area contributed by atoms with E-state index in [1.165, 1.54) is 0 Å². The summed E-state index contributed by atoms with van der Waals surface area (Å²) in [5, 5.41) is 0. The third-order valence-electron chi connectivity index (χ3n) is 0.571. The zero-order valence-corrected chi connectivity index (χ0v) is 9.07. The van der Waals surface area contributed by atoms with Gasteiger partial charge in [0.1, 0.15) is 0 Å². The van der Waals surface area contributed by atoms with E-state index in [4.69, 9.17) is 0 Å². The number of hydrogen-bond donors (Lipinski definition) is 0. The second kappa shape index (κ2) is 3.46. The maximum atomic E-state index is 2.47. The zero-order valence-electron chi connectivity index (χ0n) is 4.76. The van der Waals surface area contributed by atoms with E-state index in [9.17, 15) is 0 Å². The molecular formula is C4H12I2. The van der Waals surface area contributed by atoms with E-state index in [1.807, 2.05) is 0 Å². The quantitative estimate of drug-likeness (QED) is 0.515. The van der Waals surface area contributed by atoms with Crippen LogP contribution in [0.1, 0.15) is 0 Å². The minimum atomic E-state index is -0.227. The molecule has 0 spiro atoms. The molecule has 0 rings (SSSR count). The van der Waals surface area contributed by atoms with Crippen molar-refractivity contribution in [1.29, 1.82) is 0 Å². The van der Waals surface area contributed by atoms with Crippen LogP contribution in [0.15, 0.2) is 0 Å². The van der Waals surface area contributed by atoms with Gasteiger partial charge in [0, 0.05) is 0 Å². The fourth-order valence-electron chi connectivity index (χ4n) is 0. The Hall–Kier alpha value is 1.46. The van der Waals surface area contributed by atoms with Crippen molar-refractivity contribution in [2.45, 2.75) is 0 Å². The summed E-state index contributed by atoms with van der Waals surface area (Å²) in [6, 6.07) is 0. The molecule has 0 aliphatic heterocycles. The molecule has 0 N–H and O–H groups in total. The molecule has 0 aliphatic carbocycles. The summed E-state index contributed by atoms with van der Waals surface area (Å²) in [4.78, 5) is 9.87. The van der Waals surface area contributed by atoms with E-state index in [0.717, 1.165) is 0 Å². The molecule has 0 aromatic carbocycles. The van der Waals surface area contributed by atoms with Crippen molar-refractivity contribution in [2.24, 2.45) is 0 Å². The van der Waals surface area contributed by atoms with Crippen molar-refractivity contribution < 1.29 is 0 Å². The molecule has 0 bridgehead atoms. The second-order valence-electron chi connectivity index (χ2n) is 1.33. The van der Waals surface area contributed by atoms with Crippen LogP contribution < -0.4 is 0 Å². The Kier molecular flexibility index (Phi) is 4.30. The summed E-state index contributed by atoms with van der Waals surface area (Å²) in [6.07, 6.45) is 0. The molecule has 0 unspecified atom stereocenters. The number of rotatable bonds is 1. The van der Waals surface area contributed by atoms with Crippen molar-refractivity contribution in [3.63, 3.8) is 0 Å². The average molecular weight is 314 g/mol. The Labute approximate surface area is 50.9 Å². The minimum absolute atomic E-state index is 0.227. The topological polar surface area (TPSA) is 0 Å². The van der Waals surface area contributed by atoms with Crippen LogP contribution in [0.4, 0.5) is 0 Å². The van der Waals surface area contributed by atoms with Crippen LogP contribution in [0, 0.1) is 0 Å². The first-order valence-corrected chi connectivity index (χ1v) is 16.6. The molecule has 6 heavy (non-hydrogen) atoms. The van der Waals surface area contributed by atoms with Gasteiger partial charge in [-0.25, -0.2) is 0 Å². The van der Waals surface area contributed by atoms with Crippen LogP contribution >= 0.6 is 31.7 Å². The van der Waals surface area contributed by atoms with Crippen LogP contribution in [0.5, 0.6) is 0 Å².